The van der Waals surface area contributed by atoms with E-state index >= 15 is 0 Å². The summed E-state index contributed by atoms with van der Waals surface area (Å²) < 4.78 is 1.67. The van der Waals surface area contributed by atoms with Gasteiger partial charge in [0.05, 0.1) is 5.52 Å². The van der Waals surface area contributed by atoms with Crippen molar-refractivity contribution in [2.75, 3.05) is 6.61 Å². The number of fused-ring (bicyclic) bond motifs is 1. The lowest BCUT2D eigenvalue weighted by molar-refractivity contribution is 0.0885. The molecular formula is C15H22N4O2. The van der Waals surface area contributed by atoms with Gasteiger partial charge in [-0.2, -0.15) is 0 Å². The van der Waals surface area contributed by atoms with Gasteiger partial charge < -0.3 is 10.4 Å². The van der Waals surface area contributed by atoms with Gasteiger partial charge in [-0.3, -0.25) is 4.79 Å². The van der Waals surface area contributed by atoms with Crippen LogP contribution in [0.4, 0.5) is 0 Å². The molecular weight excluding hydrogens is 268 g/mol. The maximum atomic E-state index is 12.4. The van der Waals surface area contributed by atoms with E-state index in [4.69, 9.17) is 5.11 Å². The molecule has 1 aromatic heterocycles. The first kappa shape index (κ1) is 15.4. The monoisotopic (exact) mass is 290 g/mol. The standard InChI is InChI=1S/C15H22N4O2/c1-15(2,3)13(7-8-20)16-14(21)10-5-6-12-11(9-10)17-18-19(12)4/h5-6,9,13,20H,7-8H2,1-4H3,(H,16,21)/t13-/m0/s1. The van der Waals surface area contributed by atoms with Gasteiger partial charge in [0.15, 0.2) is 0 Å². The summed E-state index contributed by atoms with van der Waals surface area (Å²) in [4.78, 5) is 12.4. The predicted octanol–water partition coefficient (Wildman–Crippen LogP) is 1.50. The maximum absolute atomic E-state index is 12.4. The number of aliphatic hydroxyl groups excluding tert-OH is 1. The van der Waals surface area contributed by atoms with Crippen LogP contribution in [0.5, 0.6) is 0 Å². The number of aromatic nitrogens is 3. The largest absolute Gasteiger partial charge is 0.396 e. The second kappa shape index (κ2) is 5.81. The van der Waals surface area contributed by atoms with Crippen molar-refractivity contribution < 1.29 is 9.90 Å². The van der Waals surface area contributed by atoms with Crippen LogP contribution >= 0.6 is 0 Å². The third kappa shape index (κ3) is 3.39. The maximum Gasteiger partial charge on any atom is 0.251 e. The van der Waals surface area contributed by atoms with Crippen molar-refractivity contribution in [3.05, 3.63) is 23.8 Å². The molecule has 6 heteroatoms. The second-order valence-electron chi connectivity index (χ2n) is 6.32. The van der Waals surface area contributed by atoms with Crippen molar-refractivity contribution in [3.8, 4) is 0 Å². The Morgan fingerprint density at radius 2 is 2.14 bits per heavy atom. The molecule has 0 radical (unpaired) electrons. The van der Waals surface area contributed by atoms with E-state index in [-0.39, 0.29) is 24.0 Å². The van der Waals surface area contributed by atoms with E-state index in [0.29, 0.717) is 17.5 Å². The predicted molar refractivity (Wildman–Crippen MR) is 80.9 cm³/mol. The lowest BCUT2D eigenvalue weighted by atomic mass is 9.84. The first-order valence-electron chi connectivity index (χ1n) is 7.04. The van der Waals surface area contributed by atoms with Crippen molar-refractivity contribution in [2.24, 2.45) is 12.5 Å². The Bertz CT molecular complexity index is 643. The van der Waals surface area contributed by atoms with Crippen molar-refractivity contribution >= 4 is 16.9 Å². The van der Waals surface area contributed by atoms with Gasteiger partial charge in [0.1, 0.15) is 5.52 Å². The molecule has 1 aromatic carbocycles. The van der Waals surface area contributed by atoms with Gasteiger partial charge in [-0.1, -0.05) is 26.0 Å². The number of benzene rings is 1. The first-order chi connectivity index (χ1) is 9.82. The van der Waals surface area contributed by atoms with Crippen LogP contribution in [0.15, 0.2) is 18.2 Å². The van der Waals surface area contributed by atoms with E-state index in [9.17, 15) is 4.79 Å². The lowest BCUT2D eigenvalue weighted by Crippen LogP contribution is -2.44. The average Bonchev–Trinajstić information content (AvgIpc) is 2.78. The minimum Gasteiger partial charge on any atom is -0.396 e. The number of rotatable bonds is 4. The Morgan fingerprint density at radius 1 is 1.43 bits per heavy atom. The van der Waals surface area contributed by atoms with Gasteiger partial charge >= 0.3 is 0 Å². The highest BCUT2D eigenvalue weighted by molar-refractivity contribution is 5.97. The number of carbonyl (C=O) groups excluding carboxylic acids is 1. The number of aliphatic hydroxyl groups is 1. The van der Waals surface area contributed by atoms with Gasteiger partial charge in [-0.25, -0.2) is 4.68 Å². The minimum atomic E-state index is -0.157. The van der Waals surface area contributed by atoms with E-state index in [0.717, 1.165) is 5.52 Å². The van der Waals surface area contributed by atoms with Crippen LogP contribution in [0, 0.1) is 5.41 Å². The lowest BCUT2D eigenvalue weighted by Gasteiger charge is -2.31. The summed E-state index contributed by atoms with van der Waals surface area (Å²) >= 11 is 0. The van der Waals surface area contributed by atoms with Crippen LogP contribution in [0.1, 0.15) is 37.6 Å². The zero-order valence-electron chi connectivity index (χ0n) is 12.9. The SMILES string of the molecule is Cn1nnc2cc(C(=O)N[C@@H](CCO)C(C)(C)C)ccc21. The van der Waals surface area contributed by atoms with Crippen molar-refractivity contribution in [1.29, 1.82) is 0 Å². The van der Waals surface area contributed by atoms with Gasteiger partial charge in [-0.05, 0) is 30.0 Å². The average molecular weight is 290 g/mol. The van der Waals surface area contributed by atoms with Gasteiger partial charge in [0, 0.05) is 25.3 Å². The molecule has 0 spiro atoms. The highest BCUT2D eigenvalue weighted by Gasteiger charge is 2.26. The molecule has 1 heterocycles. The molecule has 2 rings (SSSR count). The molecule has 2 N–H and O–H groups in total. The van der Waals surface area contributed by atoms with Crippen LogP contribution in [0.25, 0.3) is 11.0 Å². The molecule has 0 bridgehead atoms. The Kier molecular flexibility index (Phi) is 4.27. The fourth-order valence-electron chi connectivity index (χ4n) is 2.27. The van der Waals surface area contributed by atoms with E-state index in [1.165, 1.54) is 0 Å². The third-order valence-electron chi connectivity index (χ3n) is 3.64. The Labute approximate surface area is 124 Å². The molecule has 0 aliphatic heterocycles. The molecule has 0 fully saturated rings. The highest BCUT2D eigenvalue weighted by atomic mass is 16.3. The molecule has 0 saturated carbocycles. The summed E-state index contributed by atoms with van der Waals surface area (Å²) in [6.45, 7) is 6.17. The van der Waals surface area contributed by atoms with Crippen molar-refractivity contribution in [1.82, 2.24) is 20.3 Å². The van der Waals surface area contributed by atoms with Crippen molar-refractivity contribution in [2.45, 2.75) is 33.2 Å². The highest BCUT2D eigenvalue weighted by Crippen LogP contribution is 2.22. The molecule has 1 amide bonds. The molecule has 0 saturated heterocycles. The normalized spacial score (nSPS) is 13.4. The Morgan fingerprint density at radius 3 is 2.76 bits per heavy atom. The molecule has 1 atom stereocenters. The van der Waals surface area contributed by atoms with E-state index in [1.807, 2.05) is 33.9 Å². The molecule has 114 valence electrons. The zero-order chi connectivity index (χ0) is 15.6. The summed E-state index contributed by atoms with van der Waals surface area (Å²) in [6.07, 6.45) is 0.530. The number of carbonyl (C=O) groups is 1. The molecule has 0 unspecified atom stereocenters. The summed E-state index contributed by atoms with van der Waals surface area (Å²) in [7, 11) is 1.81. The van der Waals surface area contributed by atoms with E-state index < -0.39 is 0 Å². The summed E-state index contributed by atoms with van der Waals surface area (Å²) in [6, 6.07) is 5.24. The van der Waals surface area contributed by atoms with Crippen LogP contribution in [-0.4, -0.2) is 38.7 Å². The van der Waals surface area contributed by atoms with Gasteiger partial charge in [0.2, 0.25) is 0 Å². The number of hydrogen-bond acceptors (Lipinski definition) is 4. The number of amides is 1. The number of nitrogens with one attached hydrogen (secondary N) is 1. The summed E-state index contributed by atoms with van der Waals surface area (Å²) in [5, 5.41) is 20.1. The van der Waals surface area contributed by atoms with E-state index in [1.54, 1.807) is 16.8 Å². The summed E-state index contributed by atoms with van der Waals surface area (Å²) in [5.41, 5.74) is 2.01. The molecule has 6 nitrogen and oxygen atoms in total. The van der Waals surface area contributed by atoms with Crippen LogP contribution in [-0.2, 0) is 7.05 Å². The van der Waals surface area contributed by atoms with Crippen molar-refractivity contribution in [3.63, 3.8) is 0 Å². The molecule has 21 heavy (non-hydrogen) atoms. The first-order valence-corrected chi connectivity index (χ1v) is 7.04. The Hall–Kier alpha value is -1.95. The number of aryl methyl sites for hydroxylation is 1. The topological polar surface area (TPSA) is 80.0 Å². The van der Waals surface area contributed by atoms with E-state index in [2.05, 4.69) is 15.6 Å². The minimum absolute atomic E-state index is 0.0470. The smallest absolute Gasteiger partial charge is 0.251 e. The Balaban J connectivity index is 2.21. The quantitative estimate of drug-likeness (QED) is 0.894. The fourth-order valence-corrected chi connectivity index (χ4v) is 2.27. The molecule has 0 aliphatic rings. The summed E-state index contributed by atoms with van der Waals surface area (Å²) in [5.74, 6) is -0.157. The fraction of sp³-hybridized carbons (Fsp3) is 0.533. The van der Waals surface area contributed by atoms with Crippen LogP contribution in [0.2, 0.25) is 0 Å². The second-order valence-corrected chi connectivity index (χ2v) is 6.32. The zero-order valence-corrected chi connectivity index (χ0v) is 12.9. The van der Waals surface area contributed by atoms with Gasteiger partial charge in [0.25, 0.3) is 5.91 Å². The number of nitrogens with zero attached hydrogens (tertiary/aromatic N) is 3. The molecule has 0 aliphatic carbocycles. The van der Waals surface area contributed by atoms with Gasteiger partial charge in [-0.15, -0.1) is 5.10 Å². The van der Waals surface area contributed by atoms with Crippen LogP contribution < -0.4 is 5.32 Å². The van der Waals surface area contributed by atoms with Crippen LogP contribution in [0.3, 0.4) is 0 Å². The third-order valence-corrected chi connectivity index (χ3v) is 3.64. The molecule has 2 aromatic rings. The number of hydrogen-bond donors (Lipinski definition) is 2.